The number of nitrogens with one attached hydrogen (secondary N) is 2. The van der Waals surface area contributed by atoms with Crippen molar-refractivity contribution >= 4 is 26.5 Å². The number of nitrogens with zero attached hydrogens (tertiary/aromatic N) is 1. The third-order valence-electron chi connectivity index (χ3n) is 4.26. The molecule has 0 bridgehead atoms. The summed E-state index contributed by atoms with van der Waals surface area (Å²) in [6, 6.07) is 11.2. The second-order valence-corrected chi connectivity index (χ2v) is 8.26. The summed E-state index contributed by atoms with van der Waals surface area (Å²) in [6.45, 7) is 2.91. The molecule has 0 atom stereocenters. The van der Waals surface area contributed by atoms with Crippen LogP contribution in [0.25, 0.3) is 10.8 Å². The van der Waals surface area contributed by atoms with E-state index in [1.807, 2.05) is 43.3 Å². The van der Waals surface area contributed by atoms with Gasteiger partial charge >= 0.3 is 0 Å². The van der Waals surface area contributed by atoms with Crippen LogP contribution >= 0.6 is 0 Å². The summed E-state index contributed by atoms with van der Waals surface area (Å²) >= 11 is 0. The first-order valence-electron chi connectivity index (χ1n) is 9.07. The average Bonchev–Trinajstić information content (AvgIpc) is 2.62. The van der Waals surface area contributed by atoms with Crippen LogP contribution < -0.4 is 20.7 Å². The molecule has 26 heavy (non-hydrogen) atoms. The molecule has 0 aliphatic rings. The SMILES string of the molecule is CN(C)c1cccc2c(S(=O)(=O)NCCCCNCCCN)cccc12. The molecule has 0 radical (unpaired) electrons. The monoisotopic (exact) mass is 378 g/mol. The van der Waals surface area contributed by atoms with Crippen molar-refractivity contribution < 1.29 is 8.42 Å². The Morgan fingerprint density at radius 2 is 1.58 bits per heavy atom. The zero-order valence-electron chi connectivity index (χ0n) is 15.7. The van der Waals surface area contributed by atoms with Gasteiger partial charge in [-0.05, 0) is 51.0 Å². The van der Waals surface area contributed by atoms with Crippen LogP contribution in [0.2, 0.25) is 0 Å². The van der Waals surface area contributed by atoms with E-state index in [0.717, 1.165) is 48.8 Å². The van der Waals surface area contributed by atoms with Crippen LogP contribution in [0.1, 0.15) is 19.3 Å². The van der Waals surface area contributed by atoms with Gasteiger partial charge in [0.05, 0.1) is 4.90 Å². The molecule has 0 saturated heterocycles. The summed E-state index contributed by atoms with van der Waals surface area (Å²) in [7, 11) is 0.372. The highest BCUT2D eigenvalue weighted by atomic mass is 32.2. The van der Waals surface area contributed by atoms with Crippen molar-refractivity contribution in [3.05, 3.63) is 36.4 Å². The Morgan fingerprint density at radius 1 is 0.923 bits per heavy atom. The van der Waals surface area contributed by atoms with Crippen LogP contribution in [0.4, 0.5) is 5.69 Å². The zero-order valence-corrected chi connectivity index (χ0v) is 16.5. The van der Waals surface area contributed by atoms with E-state index in [1.54, 1.807) is 12.1 Å². The van der Waals surface area contributed by atoms with Gasteiger partial charge in [0.15, 0.2) is 0 Å². The molecule has 2 rings (SSSR count). The number of hydrogen-bond donors (Lipinski definition) is 3. The number of nitrogens with two attached hydrogens (primary N) is 1. The first kappa shape index (κ1) is 20.6. The van der Waals surface area contributed by atoms with Crippen molar-refractivity contribution in [3.8, 4) is 0 Å². The van der Waals surface area contributed by atoms with E-state index in [-0.39, 0.29) is 0 Å². The third kappa shape index (κ3) is 5.41. The van der Waals surface area contributed by atoms with Gasteiger partial charge in [0.1, 0.15) is 0 Å². The molecule has 0 unspecified atom stereocenters. The minimum Gasteiger partial charge on any atom is -0.377 e. The minimum absolute atomic E-state index is 0.333. The molecule has 7 heteroatoms. The van der Waals surface area contributed by atoms with Gasteiger partial charge in [-0.25, -0.2) is 13.1 Å². The van der Waals surface area contributed by atoms with Crippen LogP contribution in [-0.2, 0) is 10.0 Å². The number of hydrogen-bond acceptors (Lipinski definition) is 5. The maximum atomic E-state index is 12.7. The fourth-order valence-corrected chi connectivity index (χ4v) is 4.19. The smallest absolute Gasteiger partial charge is 0.241 e. The highest BCUT2D eigenvalue weighted by Gasteiger charge is 2.17. The molecule has 0 fully saturated rings. The average molecular weight is 379 g/mol. The van der Waals surface area contributed by atoms with Crippen LogP contribution in [-0.4, -0.2) is 48.7 Å². The maximum Gasteiger partial charge on any atom is 0.241 e. The van der Waals surface area contributed by atoms with Gasteiger partial charge in [-0.15, -0.1) is 0 Å². The molecule has 0 amide bonds. The standard InChI is InChI=1S/C19H30N4O2S/c1-23(2)18-10-5-9-17-16(18)8-6-11-19(17)26(24,25)22-15-4-3-13-21-14-7-12-20/h5-6,8-11,21-22H,3-4,7,12-15,20H2,1-2H3. The van der Waals surface area contributed by atoms with Gasteiger partial charge < -0.3 is 16.0 Å². The molecular weight excluding hydrogens is 348 g/mol. The summed E-state index contributed by atoms with van der Waals surface area (Å²) in [5.74, 6) is 0. The van der Waals surface area contributed by atoms with E-state index in [9.17, 15) is 8.42 Å². The summed E-state index contributed by atoms with van der Waals surface area (Å²) in [5, 5.41) is 4.97. The molecule has 0 aromatic heterocycles. The highest BCUT2D eigenvalue weighted by molar-refractivity contribution is 7.89. The van der Waals surface area contributed by atoms with Crippen molar-refractivity contribution in [3.63, 3.8) is 0 Å². The van der Waals surface area contributed by atoms with Crippen LogP contribution in [0, 0.1) is 0 Å². The largest absolute Gasteiger partial charge is 0.377 e. The van der Waals surface area contributed by atoms with Gasteiger partial charge in [-0.2, -0.15) is 0 Å². The third-order valence-corrected chi connectivity index (χ3v) is 5.78. The van der Waals surface area contributed by atoms with Gasteiger partial charge in [0.25, 0.3) is 0 Å². The Balaban J connectivity index is 2.02. The van der Waals surface area contributed by atoms with E-state index < -0.39 is 10.0 Å². The molecule has 0 aliphatic heterocycles. The molecule has 0 spiro atoms. The Bertz CT molecular complexity index is 806. The second-order valence-electron chi connectivity index (χ2n) is 6.52. The van der Waals surface area contributed by atoms with Crippen molar-refractivity contribution in [2.24, 2.45) is 5.73 Å². The number of rotatable bonds is 11. The first-order chi connectivity index (χ1) is 12.5. The molecule has 0 aliphatic carbocycles. The lowest BCUT2D eigenvalue weighted by molar-refractivity contribution is 0.569. The first-order valence-corrected chi connectivity index (χ1v) is 10.5. The molecule has 4 N–H and O–H groups in total. The Morgan fingerprint density at radius 3 is 2.31 bits per heavy atom. The number of sulfonamides is 1. The van der Waals surface area contributed by atoms with Gasteiger partial charge in [-0.3, -0.25) is 0 Å². The molecule has 2 aromatic carbocycles. The Hall–Kier alpha value is -1.67. The van der Waals surface area contributed by atoms with Crippen molar-refractivity contribution in [1.82, 2.24) is 10.0 Å². The summed E-state index contributed by atoms with van der Waals surface area (Å²) in [6.07, 6.45) is 2.68. The molecular formula is C19H30N4O2S. The number of unbranched alkanes of at least 4 members (excludes halogenated alkanes) is 1. The Labute approximate surface area is 156 Å². The van der Waals surface area contributed by atoms with E-state index in [2.05, 4.69) is 10.0 Å². The van der Waals surface area contributed by atoms with Gasteiger partial charge in [0, 0.05) is 37.1 Å². The van der Waals surface area contributed by atoms with Crippen molar-refractivity contribution in [2.75, 3.05) is 45.2 Å². The molecule has 0 heterocycles. The van der Waals surface area contributed by atoms with Crippen molar-refractivity contribution in [2.45, 2.75) is 24.2 Å². The maximum absolute atomic E-state index is 12.7. The molecule has 144 valence electrons. The molecule has 0 saturated carbocycles. The predicted molar refractivity (Wildman–Crippen MR) is 109 cm³/mol. The summed E-state index contributed by atoms with van der Waals surface area (Å²) in [5.41, 5.74) is 6.44. The van der Waals surface area contributed by atoms with Crippen LogP contribution in [0.15, 0.2) is 41.3 Å². The highest BCUT2D eigenvalue weighted by Crippen LogP contribution is 2.29. The number of anilines is 1. The number of fused-ring (bicyclic) bond motifs is 1. The van der Waals surface area contributed by atoms with Crippen molar-refractivity contribution in [1.29, 1.82) is 0 Å². The van der Waals surface area contributed by atoms with Crippen LogP contribution in [0.5, 0.6) is 0 Å². The van der Waals surface area contributed by atoms with Gasteiger partial charge in [-0.1, -0.05) is 24.3 Å². The molecule has 2 aromatic rings. The lowest BCUT2D eigenvalue weighted by atomic mass is 10.1. The van der Waals surface area contributed by atoms with E-state index in [4.69, 9.17) is 5.73 Å². The predicted octanol–water partition coefficient (Wildman–Crippen LogP) is 1.90. The summed E-state index contributed by atoms with van der Waals surface area (Å²) in [4.78, 5) is 2.32. The lowest BCUT2D eigenvalue weighted by Gasteiger charge is -2.17. The topological polar surface area (TPSA) is 87.5 Å². The minimum atomic E-state index is -3.54. The van der Waals surface area contributed by atoms with Gasteiger partial charge in [0.2, 0.25) is 10.0 Å². The van der Waals surface area contributed by atoms with E-state index in [1.165, 1.54) is 0 Å². The Kier molecular flexibility index (Phi) is 7.84. The fourth-order valence-electron chi connectivity index (χ4n) is 2.90. The van der Waals surface area contributed by atoms with E-state index >= 15 is 0 Å². The molecule has 6 nitrogen and oxygen atoms in total. The quantitative estimate of drug-likeness (QED) is 0.520. The summed E-state index contributed by atoms with van der Waals surface area (Å²) < 4.78 is 28.2. The lowest BCUT2D eigenvalue weighted by Crippen LogP contribution is -2.26. The number of benzene rings is 2. The second kappa shape index (κ2) is 9.87. The van der Waals surface area contributed by atoms with Crippen LogP contribution in [0.3, 0.4) is 0 Å². The normalized spacial score (nSPS) is 11.8. The van der Waals surface area contributed by atoms with E-state index in [0.29, 0.717) is 18.0 Å². The fraction of sp³-hybridized carbons (Fsp3) is 0.474. The zero-order chi connectivity index (χ0) is 19.0.